The Morgan fingerprint density at radius 1 is 1.25 bits per heavy atom. The molecular formula is C19H19Cl2N5OS. The van der Waals surface area contributed by atoms with Crippen LogP contribution in [0.1, 0.15) is 10.4 Å². The quantitative estimate of drug-likeness (QED) is 0.520. The fraction of sp³-hybridized carbons (Fsp3) is 0.211. The van der Waals surface area contributed by atoms with Gasteiger partial charge in [-0.25, -0.2) is 9.97 Å². The number of halogens is 2. The van der Waals surface area contributed by atoms with E-state index in [0.29, 0.717) is 34.6 Å². The summed E-state index contributed by atoms with van der Waals surface area (Å²) < 4.78 is 0. The summed E-state index contributed by atoms with van der Waals surface area (Å²) in [7, 11) is 1.76. The fourth-order valence-electron chi connectivity index (χ4n) is 2.59. The van der Waals surface area contributed by atoms with Crippen LogP contribution in [0.5, 0.6) is 0 Å². The van der Waals surface area contributed by atoms with Crippen molar-refractivity contribution < 1.29 is 4.79 Å². The molecule has 0 radical (unpaired) electrons. The zero-order valence-corrected chi connectivity index (χ0v) is 17.5. The van der Waals surface area contributed by atoms with Crippen LogP contribution in [0.4, 0.5) is 11.6 Å². The van der Waals surface area contributed by atoms with Crippen LogP contribution in [-0.4, -0.2) is 29.5 Å². The highest BCUT2D eigenvalue weighted by Crippen LogP contribution is 2.32. The summed E-state index contributed by atoms with van der Waals surface area (Å²) in [5.74, 6) is 0.438. The molecule has 9 heteroatoms. The van der Waals surface area contributed by atoms with E-state index in [4.69, 9.17) is 28.9 Å². The zero-order valence-electron chi connectivity index (χ0n) is 15.1. The third-order valence-electron chi connectivity index (χ3n) is 4.03. The lowest BCUT2D eigenvalue weighted by Crippen LogP contribution is -2.27. The monoisotopic (exact) mass is 435 g/mol. The van der Waals surface area contributed by atoms with Crippen LogP contribution < -0.4 is 16.4 Å². The summed E-state index contributed by atoms with van der Waals surface area (Å²) in [6.07, 6.45) is 2.52. The summed E-state index contributed by atoms with van der Waals surface area (Å²) in [5, 5.41) is 6.99. The van der Waals surface area contributed by atoms with Crippen LogP contribution in [0.3, 0.4) is 0 Å². The first-order valence-electron chi connectivity index (χ1n) is 8.56. The van der Waals surface area contributed by atoms with E-state index < -0.39 is 0 Å². The van der Waals surface area contributed by atoms with Gasteiger partial charge < -0.3 is 16.4 Å². The molecule has 0 aliphatic carbocycles. The molecule has 2 heterocycles. The molecule has 0 fully saturated rings. The molecule has 2 aromatic heterocycles. The third-order valence-corrected chi connectivity index (χ3v) is 5.79. The molecule has 1 aromatic carbocycles. The molecule has 28 heavy (non-hydrogen) atoms. The fourth-order valence-corrected chi connectivity index (χ4v) is 4.15. The van der Waals surface area contributed by atoms with Gasteiger partial charge in [-0.3, -0.25) is 4.79 Å². The van der Waals surface area contributed by atoms with Crippen molar-refractivity contribution >= 4 is 52.1 Å². The smallest absolute Gasteiger partial charge is 0.225 e. The highest BCUT2D eigenvalue weighted by Gasteiger charge is 2.13. The van der Waals surface area contributed by atoms with E-state index in [1.807, 2.05) is 18.2 Å². The molecule has 0 aliphatic rings. The maximum Gasteiger partial charge on any atom is 0.225 e. The Balaban J connectivity index is 1.59. The van der Waals surface area contributed by atoms with Gasteiger partial charge in [0.2, 0.25) is 11.9 Å². The number of carbonyl (C=O) groups excluding carboxylic acids is 1. The van der Waals surface area contributed by atoms with Crippen LogP contribution >= 0.6 is 34.5 Å². The first-order valence-corrected chi connectivity index (χ1v) is 10.1. The Labute approximate surface area is 177 Å². The SMILES string of the molecule is CNc1nccc(-c2cc(N)c(CC(=O)NCCc3ccc(Cl)cc3Cl)s2)n1. The van der Waals surface area contributed by atoms with Crippen molar-refractivity contribution in [2.45, 2.75) is 12.8 Å². The number of amides is 1. The lowest BCUT2D eigenvalue weighted by Gasteiger charge is -2.07. The number of rotatable bonds is 7. The molecule has 3 rings (SSSR count). The molecule has 0 spiro atoms. The minimum absolute atomic E-state index is 0.0937. The van der Waals surface area contributed by atoms with Gasteiger partial charge in [-0.05, 0) is 36.2 Å². The highest BCUT2D eigenvalue weighted by atomic mass is 35.5. The van der Waals surface area contributed by atoms with Crippen molar-refractivity contribution in [1.29, 1.82) is 0 Å². The van der Waals surface area contributed by atoms with Gasteiger partial charge in [-0.15, -0.1) is 11.3 Å². The normalized spacial score (nSPS) is 10.7. The first-order chi connectivity index (χ1) is 13.5. The summed E-state index contributed by atoms with van der Waals surface area (Å²) in [4.78, 5) is 22.5. The molecule has 0 aliphatic heterocycles. The van der Waals surface area contributed by atoms with Gasteiger partial charge in [-0.2, -0.15) is 0 Å². The minimum Gasteiger partial charge on any atom is -0.398 e. The van der Waals surface area contributed by atoms with Crippen molar-refractivity contribution in [3.63, 3.8) is 0 Å². The maximum absolute atomic E-state index is 12.3. The Morgan fingerprint density at radius 2 is 2.07 bits per heavy atom. The molecular weight excluding hydrogens is 417 g/mol. The second-order valence-corrected chi connectivity index (χ2v) is 8.00. The summed E-state index contributed by atoms with van der Waals surface area (Å²) in [5.41, 5.74) is 8.38. The van der Waals surface area contributed by atoms with E-state index in [9.17, 15) is 4.79 Å². The predicted molar refractivity (Wildman–Crippen MR) is 116 cm³/mol. The van der Waals surface area contributed by atoms with Gasteiger partial charge in [0, 0.05) is 40.4 Å². The number of nitrogens with two attached hydrogens (primary N) is 1. The van der Waals surface area contributed by atoms with Crippen LogP contribution in [0.15, 0.2) is 36.5 Å². The van der Waals surface area contributed by atoms with E-state index in [1.54, 1.807) is 25.4 Å². The number of hydrogen-bond donors (Lipinski definition) is 3. The Bertz CT molecular complexity index is 992. The first kappa shape index (κ1) is 20.4. The number of nitrogens with one attached hydrogen (secondary N) is 2. The number of hydrogen-bond acceptors (Lipinski definition) is 6. The van der Waals surface area contributed by atoms with Gasteiger partial charge in [0.25, 0.3) is 0 Å². The summed E-state index contributed by atoms with van der Waals surface area (Å²) in [6, 6.07) is 8.99. The van der Waals surface area contributed by atoms with Crippen molar-refractivity contribution in [2.24, 2.45) is 0 Å². The van der Waals surface area contributed by atoms with Crippen LogP contribution in [0.25, 0.3) is 10.6 Å². The van der Waals surface area contributed by atoms with Crippen LogP contribution in [-0.2, 0) is 17.6 Å². The van der Waals surface area contributed by atoms with Gasteiger partial charge in [0.05, 0.1) is 17.0 Å². The molecule has 3 aromatic rings. The molecule has 0 saturated heterocycles. The molecule has 0 saturated carbocycles. The molecule has 0 bridgehead atoms. The predicted octanol–water partition coefficient (Wildman–Crippen LogP) is 4.04. The second-order valence-electron chi connectivity index (χ2n) is 6.02. The van der Waals surface area contributed by atoms with E-state index in [0.717, 1.165) is 21.0 Å². The standard InChI is InChI=1S/C19H19Cl2N5OS/c1-23-19-25-7-5-15(26-19)17-9-14(22)16(28-17)10-18(27)24-6-4-11-2-3-12(20)8-13(11)21/h2-3,5,7-9H,4,6,10,22H2,1H3,(H,24,27)(H,23,25,26). The molecule has 1 amide bonds. The number of aromatic nitrogens is 2. The molecule has 146 valence electrons. The van der Waals surface area contributed by atoms with Crippen LogP contribution in [0, 0.1) is 0 Å². The minimum atomic E-state index is -0.0937. The average molecular weight is 436 g/mol. The Hall–Kier alpha value is -2.35. The van der Waals surface area contributed by atoms with Crippen LogP contribution in [0.2, 0.25) is 10.0 Å². The van der Waals surface area contributed by atoms with E-state index in [2.05, 4.69) is 20.6 Å². The van der Waals surface area contributed by atoms with E-state index >= 15 is 0 Å². The summed E-state index contributed by atoms with van der Waals surface area (Å²) in [6.45, 7) is 0.482. The third kappa shape index (κ3) is 5.13. The number of benzene rings is 1. The zero-order chi connectivity index (χ0) is 20.1. The van der Waals surface area contributed by atoms with Crippen molar-refractivity contribution in [3.8, 4) is 10.6 Å². The van der Waals surface area contributed by atoms with Gasteiger partial charge in [0.15, 0.2) is 0 Å². The second kappa shape index (κ2) is 9.23. The number of nitrogens with zero attached hydrogens (tertiary/aromatic N) is 2. The van der Waals surface area contributed by atoms with Crippen molar-refractivity contribution in [3.05, 3.63) is 57.0 Å². The van der Waals surface area contributed by atoms with Gasteiger partial charge in [0.1, 0.15) is 0 Å². The van der Waals surface area contributed by atoms with Gasteiger partial charge in [-0.1, -0.05) is 29.3 Å². The lowest BCUT2D eigenvalue weighted by molar-refractivity contribution is -0.120. The number of carbonyl (C=O) groups is 1. The molecule has 0 unspecified atom stereocenters. The molecule has 4 N–H and O–H groups in total. The number of thiophene rings is 1. The average Bonchev–Trinajstić information content (AvgIpc) is 3.04. The number of anilines is 2. The Kier molecular flexibility index (Phi) is 6.72. The largest absolute Gasteiger partial charge is 0.398 e. The topological polar surface area (TPSA) is 92.9 Å². The van der Waals surface area contributed by atoms with Crippen molar-refractivity contribution in [2.75, 3.05) is 24.6 Å². The molecule has 0 atom stereocenters. The lowest BCUT2D eigenvalue weighted by atomic mass is 10.1. The maximum atomic E-state index is 12.3. The number of nitrogen functional groups attached to an aromatic ring is 1. The highest BCUT2D eigenvalue weighted by molar-refractivity contribution is 7.16. The Morgan fingerprint density at radius 3 is 2.82 bits per heavy atom. The van der Waals surface area contributed by atoms with E-state index in [-0.39, 0.29) is 12.3 Å². The summed E-state index contributed by atoms with van der Waals surface area (Å²) >= 11 is 13.5. The van der Waals surface area contributed by atoms with E-state index in [1.165, 1.54) is 11.3 Å². The van der Waals surface area contributed by atoms with Gasteiger partial charge >= 0.3 is 0 Å². The van der Waals surface area contributed by atoms with Crippen molar-refractivity contribution in [1.82, 2.24) is 15.3 Å². The molecule has 6 nitrogen and oxygen atoms in total.